The molecule has 1 nitrogen and oxygen atoms in total. The van der Waals surface area contributed by atoms with E-state index in [1.165, 1.54) is 23.3 Å². The standard InChI is InChI=1S/C24H24FO/c1-3-8-21-16-24(26-17-18-9-6-5-7-10-18)23(15-19(21)4-2)20-11-13-22(25)14-12-20/h5-7,9-16H,1,3-4,8,17H2,2H3. The molecule has 0 saturated carbocycles. The Morgan fingerprint density at radius 2 is 1.65 bits per heavy atom. The highest BCUT2D eigenvalue weighted by atomic mass is 19.1. The highest BCUT2D eigenvalue weighted by Crippen LogP contribution is 2.34. The van der Waals surface area contributed by atoms with E-state index in [4.69, 9.17) is 4.74 Å². The van der Waals surface area contributed by atoms with E-state index in [0.717, 1.165) is 41.7 Å². The van der Waals surface area contributed by atoms with Gasteiger partial charge < -0.3 is 4.74 Å². The lowest BCUT2D eigenvalue weighted by molar-refractivity contribution is 0.307. The van der Waals surface area contributed by atoms with Gasteiger partial charge in [0.2, 0.25) is 0 Å². The van der Waals surface area contributed by atoms with E-state index in [-0.39, 0.29) is 5.82 Å². The summed E-state index contributed by atoms with van der Waals surface area (Å²) in [6, 6.07) is 21.0. The Bertz CT molecular complexity index is 838. The summed E-state index contributed by atoms with van der Waals surface area (Å²) < 4.78 is 19.5. The van der Waals surface area contributed by atoms with Crippen LogP contribution in [0.3, 0.4) is 0 Å². The molecule has 0 aliphatic rings. The highest BCUT2D eigenvalue weighted by molar-refractivity contribution is 5.72. The molecular formula is C24H24FO. The van der Waals surface area contributed by atoms with Crippen LogP contribution in [0, 0.1) is 12.7 Å². The van der Waals surface area contributed by atoms with Crippen LogP contribution in [0.4, 0.5) is 4.39 Å². The summed E-state index contributed by atoms with van der Waals surface area (Å²) in [5, 5.41) is 0. The zero-order valence-electron chi connectivity index (χ0n) is 15.2. The molecule has 0 N–H and O–H groups in total. The van der Waals surface area contributed by atoms with E-state index in [9.17, 15) is 4.39 Å². The maximum absolute atomic E-state index is 13.3. The summed E-state index contributed by atoms with van der Waals surface area (Å²) in [5.74, 6) is 0.603. The van der Waals surface area contributed by atoms with Gasteiger partial charge in [-0.05, 0) is 65.8 Å². The second kappa shape index (κ2) is 8.66. The lowest BCUT2D eigenvalue weighted by Gasteiger charge is -2.17. The van der Waals surface area contributed by atoms with E-state index in [1.54, 1.807) is 12.1 Å². The fraction of sp³-hybridized carbons (Fsp3) is 0.208. The molecule has 0 fully saturated rings. The van der Waals surface area contributed by atoms with Gasteiger partial charge in [-0.1, -0.05) is 56.3 Å². The molecule has 3 aromatic carbocycles. The fourth-order valence-corrected chi connectivity index (χ4v) is 3.13. The first kappa shape index (κ1) is 18.2. The fourth-order valence-electron chi connectivity index (χ4n) is 3.13. The van der Waals surface area contributed by atoms with Gasteiger partial charge in [0.1, 0.15) is 18.2 Å². The van der Waals surface area contributed by atoms with Crippen molar-refractivity contribution in [2.75, 3.05) is 0 Å². The summed E-state index contributed by atoms with van der Waals surface area (Å²) in [6.45, 7) is 6.65. The van der Waals surface area contributed by atoms with Crippen molar-refractivity contribution in [2.24, 2.45) is 0 Å². The van der Waals surface area contributed by atoms with E-state index in [2.05, 4.69) is 38.1 Å². The minimum atomic E-state index is -0.232. The van der Waals surface area contributed by atoms with Crippen molar-refractivity contribution >= 4 is 0 Å². The van der Waals surface area contributed by atoms with Gasteiger partial charge in [0.05, 0.1) is 0 Å². The normalized spacial score (nSPS) is 10.7. The van der Waals surface area contributed by atoms with Crippen molar-refractivity contribution in [1.82, 2.24) is 0 Å². The van der Waals surface area contributed by atoms with Crippen LogP contribution in [0.1, 0.15) is 30.0 Å². The second-order valence-electron chi connectivity index (χ2n) is 6.36. The topological polar surface area (TPSA) is 9.23 Å². The molecule has 3 rings (SSSR count). The number of hydrogen-bond donors (Lipinski definition) is 0. The minimum absolute atomic E-state index is 0.232. The molecule has 2 heteroatoms. The summed E-state index contributed by atoms with van der Waals surface area (Å²) >= 11 is 0. The minimum Gasteiger partial charge on any atom is -0.488 e. The predicted octanol–water partition coefficient (Wildman–Crippen LogP) is 6.40. The number of halogens is 1. The lowest BCUT2D eigenvalue weighted by atomic mass is 9.94. The van der Waals surface area contributed by atoms with Crippen molar-refractivity contribution in [1.29, 1.82) is 0 Å². The van der Waals surface area contributed by atoms with Crippen molar-refractivity contribution < 1.29 is 9.13 Å². The first-order valence-corrected chi connectivity index (χ1v) is 9.09. The van der Waals surface area contributed by atoms with Gasteiger partial charge >= 0.3 is 0 Å². The number of benzene rings is 3. The largest absolute Gasteiger partial charge is 0.488 e. The average molecular weight is 347 g/mol. The molecule has 3 aromatic rings. The summed E-state index contributed by atoms with van der Waals surface area (Å²) in [7, 11) is 0. The molecule has 0 saturated heterocycles. The van der Waals surface area contributed by atoms with Gasteiger partial charge in [-0.25, -0.2) is 4.39 Å². The van der Waals surface area contributed by atoms with Crippen LogP contribution >= 0.6 is 0 Å². The molecule has 0 aromatic heterocycles. The van der Waals surface area contributed by atoms with Crippen LogP contribution in [0.2, 0.25) is 0 Å². The number of hydrogen-bond acceptors (Lipinski definition) is 1. The molecular weight excluding hydrogens is 323 g/mol. The quantitative estimate of drug-likeness (QED) is 0.480. The van der Waals surface area contributed by atoms with Crippen LogP contribution < -0.4 is 4.74 Å². The van der Waals surface area contributed by atoms with E-state index >= 15 is 0 Å². The van der Waals surface area contributed by atoms with Crippen LogP contribution in [0.25, 0.3) is 11.1 Å². The third-order valence-electron chi connectivity index (χ3n) is 4.52. The Morgan fingerprint density at radius 1 is 0.923 bits per heavy atom. The highest BCUT2D eigenvalue weighted by Gasteiger charge is 2.12. The van der Waals surface area contributed by atoms with Crippen LogP contribution in [0.15, 0.2) is 66.7 Å². The smallest absolute Gasteiger partial charge is 0.127 e. The third-order valence-corrected chi connectivity index (χ3v) is 4.52. The SMILES string of the molecule is [CH2]CCc1cc(OCc2ccccc2)c(-c2ccc(F)cc2)cc1CC. The van der Waals surface area contributed by atoms with Gasteiger partial charge in [0, 0.05) is 5.56 Å². The Labute approximate surface area is 155 Å². The molecule has 0 aliphatic heterocycles. The summed E-state index contributed by atoms with van der Waals surface area (Å²) in [6.07, 6.45) is 2.72. The van der Waals surface area contributed by atoms with Gasteiger partial charge in [0.25, 0.3) is 0 Å². The number of aryl methyl sites for hydroxylation is 2. The van der Waals surface area contributed by atoms with E-state index in [0.29, 0.717) is 6.61 Å². The van der Waals surface area contributed by atoms with Crippen LogP contribution in [0.5, 0.6) is 5.75 Å². The Kier molecular flexibility index (Phi) is 6.06. The molecule has 133 valence electrons. The Hall–Kier alpha value is -2.61. The molecule has 0 heterocycles. The number of rotatable bonds is 7. The van der Waals surface area contributed by atoms with Gasteiger partial charge in [0.15, 0.2) is 0 Å². The molecule has 1 radical (unpaired) electrons. The van der Waals surface area contributed by atoms with Gasteiger partial charge in [-0.2, -0.15) is 0 Å². The zero-order chi connectivity index (χ0) is 18.4. The zero-order valence-corrected chi connectivity index (χ0v) is 15.2. The van der Waals surface area contributed by atoms with Gasteiger partial charge in [-0.15, -0.1) is 0 Å². The van der Waals surface area contributed by atoms with Crippen molar-refractivity contribution in [3.63, 3.8) is 0 Å². The lowest BCUT2D eigenvalue weighted by Crippen LogP contribution is -2.01. The molecule has 26 heavy (non-hydrogen) atoms. The second-order valence-corrected chi connectivity index (χ2v) is 6.36. The van der Waals surface area contributed by atoms with E-state index < -0.39 is 0 Å². The first-order valence-electron chi connectivity index (χ1n) is 9.09. The van der Waals surface area contributed by atoms with Crippen LogP contribution in [-0.2, 0) is 19.4 Å². The monoisotopic (exact) mass is 347 g/mol. The van der Waals surface area contributed by atoms with Crippen LogP contribution in [-0.4, -0.2) is 0 Å². The molecule has 0 atom stereocenters. The predicted molar refractivity (Wildman–Crippen MR) is 106 cm³/mol. The molecule has 0 unspecified atom stereocenters. The maximum atomic E-state index is 13.3. The van der Waals surface area contributed by atoms with Crippen molar-refractivity contribution in [3.05, 3.63) is 96.2 Å². The van der Waals surface area contributed by atoms with Crippen molar-refractivity contribution in [3.8, 4) is 16.9 Å². The molecule has 0 bridgehead atoms. The molecule has 0 spiro atoms. The molecule has 0 aliphatic carbocycles. The third kappa shape index (κ3) is 4.32. The Morgan fingerprint density at radius 3 is 2.31 bits per heavy atom. The van der Waals surface area contributed by atoms with Gasteiger partial charge in [-0.3, -0.25) is 0 Å². The maximum Gasteiger partial charge on any atom is 0.127 e. The first-order chi connectivity index (χ1) is 12.7. The average Bonchev–Trinajstić information content (AvgIpc) is 2.68. The van der Waals surface area contributed by atoms with Crippen molar-refractivity contribution in [2.45, 2.75) is 32.8 Å². The summed E-state index contributed by atoms with van der Waals surface area (Å²) in [4.78, 5) is 0. The summed E-state index contributed by atoms with van der Waals surface area (Å²) in [5.41, 5.74) is 5.66. The molecule has 0 amide bonds. The number of ether oxygens (including phenoxy) is 1. The Balaban J connectivity index is 2.00. The van der Waals surface area contributed by atoms with E-state index in [1.807, 2.05) is 18.2 Å².